The second-order valence-corrected chi connectivity index (χ2v) is 5.95. The third-order valence-corrected chi connectivity index (χ3v) is 3.82. The van der Waals surface area contributed by atoms with Gasteiger partial charge < -0.3 is 14.2 Å². The van der Waals surface area contributed by atoms with Crippen LogP contribution in [0.3, 0.4) is 0 Å². The lowest BCUT2D eigenvalue weighted by Crippen LogP contribution is -2.41. The molecule has 8 heteroatoms. The smallest absolute Gasteiger partial charge is 0.269 e. The van der Waals surface area contributed by atoms with E-state index in [0.717, 1.165) is 0 Å². The van der Waals surface area contributed by atoms with Crippen molar-refractivity contribution in [1.29, 1.82) is 0 Å². The molecule has 2 amide bonds. The molecule has 0 aliphatic heterocycles. The summed E-state index contributed by atoms with van der Waals surface area (Å²) in [6, 6.07) is 9.38. The van der Waals surface area contributed by atoms with Crippen LogP contribution in [0.1, 0.15) is 41.5 Å². The fourth-order valence-electron chi connectivity index (χ4n) is 2.38. The van der Waals surface area contributed by atoms with E-state index in [1.807, 2.05) is 20.8 Å². The van der Waals surface area contributed by atoms with Gasteiger partial charge in [-0.15, -0.1) is 0 Å². The van der Waals surface area contributed by atoms with Crippen molar-refractivity contribution in [2.75, 3.05) is 19.8 Å². The van der Waals surface area contributed by atoms with Crippen LogP contribution in [-0.2, 0) is 0 Å². The van der Waals surface area contributed by atoms with Crippen molar-refractivity contribution >= 4 is 23.4 Å². The van der Waals surface area contributed by atoms with Crippen molar-refractivity contribution in [3.8, 4) is 17.2 Å². The Balaban J connectivity index is 2.18. The Bertz CT molecular complexity index is 797. The standard InChI is InChI=1S/C20H23ClN2O5/c1-4-26-16-11-14(12-17(27-5-2)18(16)28-6-3)20(25)23-22-19(24)13-7-9-15(21)10-8-13/h7-12H,4-6H2,1-3H3,(H,22,24)(H,23,25). The Morgan fingerprint density at radius 3 is 1.71 bits per heavy atom. The maximum absolute atomic E-state index is 12.5. The molecular weight excluding hydrogens is 384 g/mol. The molecule has 0 unspecified atom stereocenters. The fourth-order valence-corrected chi connectivity index (χ4v) is 2.50. The Hall–Kier alpha value is -2.93. The van der Waals surface area contributed by atoms with Gasteiger partial charge in [0.25, 0.3) is 11.8 Å². The van der Waals surface area contributed by atoms with Crippen molar-refractivity contribution < 1.29 is 23.8 Å². The highest BCUT2D eigenvalue weighted by molar-refractivity contribution is 6.30. The molecule has 0 atom stereocenters. The first-order valence-corrected chi connectivity index (χ1v) is 9.30. The van der Waals surface area contributed by atoms with Gasteiger partial charge in [-0.25, -0.2) is 0 Å². The minimum Gasteiger partial charge on any atom is -0.490 e. The second kappa shape index (κ2) is 10.4. The summed E-state index contributed by atoms with van der Waals surface area (Å²) in [6.45, 7) is 6.71. The molecule has 0 aliphatic rings. The predicted octanol–water partition coefficient (Wildman–Crippen LogP) is 3.61. The monoisotopic (exact) mass is 406 g/mol. The van der Waals surface area contributed by atoms with Crippen LogP contribution in [-0.4, -0.2) is 31.6 Å². The number of benzene rings is 2. The van der Waals surface area contributed by atoms with Gasteiger partial charge in [-0.05, 0) is 57.2 Å². The first-order chi connectivity index (χ1) is 13.5. The molecule has 0 saturated heterocycles. The third kappa shape index (κ3) is 5.53. The Morgan fingerprint density at radius 2 is 1.25 bits per heavy atom. The first kappa shape index (κ1) is 21.4. The number of rotatable bonds is 8. The van der Waals surface area contributed by atoms with Gasteiger partial charge >= 0.3 is 0 Å². The zero-order chi connectivity index (χ0) is 20.5. The van der Waals surface area contributed by atoms with Gasteiger partial charge in [0.15, 0.2) is 11.5 Å². The summed E-state index contributed by atoms with van der Waals surface area (Å²) in [5.74, 6) is 0.236. The number of carbonyl (C=O) groups excluding carboxylic acids is 2. The van der Waals surface area contributed by atoms with E-state index in [2.05, 4.69) is 10.9 Å². The lowest BCUT2D eigenvalue weighted by Gasteiger charge is -2.17. The second-order valence-electron chi connectivity index (χ2n) is 5.52. The van der Waals surface area contributed by atoms with Gasteiger partial charge in [0.05, 0.1) is 19.8 Å². The summed E-state index contributed by atoms with van der Waals surface area (Å²) >= 11 is 5.80. The zero-order valence-electron chi connectivity index (χ0n) is 16.0. The number of ether oxygens (including phenoxy) is 3. The molecule has 0 heterocycles. The number of carbonyl (C=O) groups is 2. The van der Waals surface area contributed by atoms with Crippen molar-refractivity contribution in [3.63, 3.8) is 0 Å². The lowest BCUT2D eigenvalue weighted by molar-refractivity contribution is 0.0846. The van der Waals surface area contributed by atoms with Gasteiger partial charge in [-0.3, -0.25) is 20.4 Å². The van der Waals surface area contributed by atoms with E-state index in [4.69, 9.17) is 25.8 Å². The Labute approximate surface area is 168 Å². The average Bonchev–Trinajstić information content (AvgIpc) is 2.69. The highest BCUT2D eigenvalue weighted by Crippen LogP contribution is 2.39. The minimum absolute atomic E-state index is 0.256. The summed E-state index contributed by atoms with van der Waals surface area (Å²) < 4.78 is 16.8. The predicted molar refractivity (Wildman–Crippen MR) is 106 cm³/mol. The maximum Gasteiger partial charge on any atom is 0.269 e. The zero-order valence-corrected chi connectivity index (χ0v) is 16.8. The highest BCUT2D eigenvalue weighted by atomic mass is 35.5. The molecule has 0 saturated carbocycles. The number of hydrogen-bond donors (Lipinski definition) is 2. The molecule has 7 nitrogen and oxygen atoms in total. The number of nitrogens with one attached hydrogen (secondary N) is 2. The summed E-state index contributed by atoms with van der Waals surface area (Å²) in [5.41, 5.74) is 5.36. The molecule has 0 aromatic heterocycles. The molecule has 2 aromatic rings. The SMILES string of the molecule is CCOc1cc(C(=O)NNC(=O)c2ccc(Cl)cc2)cc(OCC)c1OCC. The molecule has 2 aromatic carbocycles. The summed E-state index contributed by atoms with van der Waals surface area (Å²) in [6.07, 6.45) is 0. The Morgan fingerprint density at radius 1 is 0.786 bits per heavy atom. The number of hydrogen-bond acceptors (Lipinski definition) is 5. The van der Waals surface area contributed by atoms with Crippen molar-refractivity contribution in [2.45, 2.75) is 20.8 Å². The largest absolute Gasteiger partial charge is 0.490 e. The topological polar surface area (TPSA) is 85.9 Å². The molecule has 0 fully saturated rings. The number of hydrazine groups is 1. The van der Waals surface area contributed by atoms with Crippen LogP contribution in [0.2, 0.25) is 5.02 Å². The van der Waals surface area contributed by atoms with Crippen LogP contribution >= 0.6 is 11.6 Å². The average molecular weight is 407 g/mol. The van der Waals surface area contributed by atoms with E-state index in [-0.39, 0.29) is 5.56 Å². The van der Waals surface area contributed by atoms with Crippen LogP contribution in [0, 0.1) is 0 Å². The minimum atomic E-state index is -0.521. The fraction of sp³-hybridized carbons (Fsp3) is 0.300. The number of halogens is 1. The lowest BCUT2D eigenvalue weighted by atomic mass is 10.1. The molecule has 0 radical (unpaired) electrons. The van der Waals surface area contributed by atoms with Gasteiger partial charge in [-0.1, -0.05) is 11.6 Å². The molecule has 0 spiro atoms. The molecule has 0 bridgehead atoms. The van der Waals surface area contributed by atoms with Crippen LogP contribution in [0.5, 0.6) is 17.2 Å². The summed E-state index contributed by atoms with van der Waals surface area (Å²) in [4.78, 5) is 24.6. The van der Waals surface area contributed by atoms with E-state index in [1.165, 1.54) is 0 Å². The van der Waals surface area contributed by atoms with E-state index in [1.54, 1.807) is 36.4 Å². The van der Waals surface area contributed by atoms with Crippen LogP contribution in [0.4, 0.5) is 0 Å². The van der Waals surface area contributed by atoms with Gasteiger partial charge in [0.1, 0.15) is 0 Å². The first-order valence-electron chi connectivity index (χ1n) is 8.92. The van der Waals surface area contributed by atoms with E-state index in [9.17, 15) is 9.59 Å². The molecule has 2 N–H and O–H groups in total. The quantitative estimate of drug-likeness (QED) is 0.654. The molecular formula is C20H23ClN2O5. The molecule has 0 aliphatic carbocycles. The summed E-state index contributed by atoms with van der Waals surface area (Å²) in [5, 5.41) is 0.516. The van der Waals surface area contributed by atoms with E-state index < -0.39 is 11.8 Å². The van der Waals surface area contributed by atoms with Crippen molar-refractivity contribution in [1.82, 2.24) is 10.9 Å². The van der Waals surface area contributed by atoms with Crippen LogP contribution in [0.25, 0.3) is 0 Å². The molecule has 150 valence electrons. The van der Waals surface area contributed by atoms with Crippen LogP contribution < -0.4 is 25.1 Å². The molecule has 2 rings (SSSR count). The normalized spacial score (nSPS) is 10.1. The highest BCUT2D eigenvalue weighted by Gasteiger charge is 2.19. The molecule has 28 heavy (non-hydrogen) atoms. The summed E-state index contributed by atoms with van der Waals surface area (Å²) in [7, 11) is 0. The van der Waals surface area contributed by atoms with E-state index >= 15 is 0 Å². The number of amides is 2. The Kier molecular flexibility index (Phi) is 7.95. The van der Waals surface area contributed by atoms with Crippen molar-refractivity contribution in [2.24, 2.45) is 0 Å². The maximum atomic E-state index is 12.5. The van der Waals surface area contributed by atoms with Crippen molar-refractivity contribution in [3.05, 3.63) is 52.5 Å². The van der Waals surface area contributed by atoms with Crippen LogP contribution in [0.15, 0.2) is 36.4 Å². The van der Waals surface area contributed by atoms with E-state index in [0.29, 0.717) is 47.7 Å². The van der Waals surface area contributed by atoms with Gasteiger partial charge in [-0.2, -0.15) is 0 Å². The third-order valence-electron chi connectivity index (χ3n) is 3.57. The van der Waals surface area contributed by atoms with Gasteiger partial charge in [0, 0.05) is 16.1 Å². The van der Waals surface area contributed by atoms with Gasteiger partial charge in [0.2, 0.25) is 5.75 Å².